The predicted octanol–water partition coefficient (Wildman–Crippen LogP) is 2.63. The maximum Gasteiger partial charge on any atom is 0.335 e. The fraction of sp³-hybridized carbons (Fsp3) is 0.133. The van der Waals surface area contributed by atoms with Crippen molar-refractivity contribution in [2.75, 3.05) is 12.4 Å². The SMILES string of the molecule is COc1ccc(C(=O)O)cc1Nc1cccc(CO)c1. The molecule has 0 aliphatic carbocycles. The van der Waals surface area contributed by atoms with E-state index in [9.17, 15) is 4.79 Å². The Labute approximate surface area is 116 Å². The van der Waals surface area contributed by atoms with Crippen LogP contribution in [0.15, 0.2) is 42.5 Å². The molecule has 5 nitrogen and oxygen atoms in total. The largest absolute Gasteiger partial charge is 0.495 e. The van der Waals surface area contributed by atoms with Crippen LogP contribution in [0.3, 0.4) is 0 Å². The maximum atomic E-state index is 11.0. The van der Waals surface area contributed by atoms with Crippen LogP contribution in [-0.2, 0) is 6.61 Å². The van der Waals surface area contributed by atoms with Gasteiger partial charge in [0.1, 0.15) is 5.75 Å². The van der Waals surface area contributed by atoms with Gasteiger partial charge in [0.15, 0.2) is 0 Å². The molecule has 2 aromatic rings. The molecular weight excluding hydrogens is 258 g/mol. The van der Waals surface area contributed by atoms with Gasteiger partial charge < -0.3 is 20.3 Å². The Bertz CT molecular complexity index is 625. The lowest BCUT2D eigenvalue weighted by Crippen LogP contribution is -2.00. The molecule has 0 saturated heterocycles. The van der Waals surface area contributed by atoms with Gasteiger partial charge in [-0.3, -0.25) is 0 Å². The summed E-state index contributed by atoms with van der Waals surface area (Å²) in [6, 6.07) is 11.8. The van der Waals surface area contributed by atoms with Gasteiger partial charge in [0.25, 0.3) is 0 Å². The average molecular weight is 273 g/mol. The molecule has 3 N–H and O–H groups in total. The lowest BCUT2D eigenvalue weighted by atomic mass is 10.1. The highest BCUT2D eigenvalue weighted by molar-refractivity contribution is 5.90. The summed E-state index contributed by atoms with van der Waals surface area (Å²) in [5, 5.41) is 21.2. The van der Waals surface area contributed by atoms with Crippen molar-refractivity contribution in [3.8, 4) is 5.75 Å². The highest BCUT2D eigenvalue weighted by atomic mass is 16.5. The number of aliphatic hydroxyl groups is 1. The normalized spacial score (nSPS) is 10.1. The summed E-state index contributed by atoms with van der Waals surface area (Å²) in [5.41, 5.74) is 2.25. The van der Waals surface area contributed by atoms with E-state index in [0.29, 0.717) is 11.4 Å². The third-order valence-electron chi connectivity index (χ3n) is 2.83. The van der Waals surface area contributed by atoms with Crippen LogP contribution in [0, 0.1) is 0 Å². The van der Waals surface area contributed by atoms with Gasteiger partial charge in [-0.1, -0.05) is 12.1 Å². The summed E-state index contributed by atoms with van der Waals surface area (Å²) in [6.07, 6.45) is 0. The minimum Gasteiger partial charge on any atom is -0.495 e. The Morgan fingerprint density at radius 3 is 2.70 bits per heavy atom. The first-order chi connectivity index (χ1) is 9.63. The lowest BCUT2D eigenvalue weighted by molar-refractivity contribution is 0.0697. The number of aliphatic hydroxyl groups excluding tert-OH is 1. The summed E-state index contributed by atoms with van der Waals surface area (Å²) in [7, 11) is 1.52. The molecule has 0 heterocycles. The summed E-state index contributed by atoms with van der Waals surface area (Å²) in [5.74, 6) is -0.454. The van der Waals surface area contributed by atoms with Crippen molar-refractivity contribution in [3.63, 3.8) is 0 Å². The molecule has 0 amide bonds. The first-order valence-electron chi connectivity index (χ1n) is 6.02. The predicted molar refractivity (Wildman–Crippen MR) is 75.6 cm³/mol. The van der Waals surface area contributed by atoms with E-state index in [-0.39, 0.29) is 12.2 Å². The van der Waals surface area contributed by atoms with Crippen LogP contribution in [-0.4, -0.2) is 23.3 Å². The minimum atomic E-state index is -1.00. The van der Waals surface area contributed by atoms with Gasteiger partial charge in [-0.25, -0.2) is 4.79 Å². The molecule has 5 heteroatoms. The zero-order valence-corrected chi connectivity index (χ0v) is 11.0. The number of carboxylic acid groups (broad SMARTS) is 1. The van der Waals surface area contributed by atoms with E-state index in [2.05, 4.69) is 5.32 Å². The van der Waals surface area contributed by atoms with E-state index < -0.39 is 5.97 Å². The number of anilines is 2. The number of hydrogen-bond donors (Lipinski definition) is 3. The molecule has 0 aliphatic rings. The van der Waals surface area contributed by atoms with Crippen molar-refractivity contribution in [2.24, 2.45) is 0 Å². The number of carboxylic acids is 1. The molecule has 0 saturated carbocycles. The van der Waals surface area contributed by atoms with Crippen LogP contribution in [0.1, 0.15) is 15.9 Å². The molecule has 2 aromatic carbocycles. The van der Waals surface area contributed by atoms with E-state index >= 15 is 0 Å². The zero-order valence-electron chi connectivity index (χ0n) is 11.0. The first kappa shape index (κ1) is 13.9. The van der Waals surface area contributed by atoms with E-state index in [1.54, 1.807) is 24.3 Å². The molecule has 20 heavy (non-hydrogen) atoms. The number of benzene rings is 2. The summed E-state index contributed by atoms with van der Waals surface area (Å²) in [4.78, 5) is 11.0. The number of rotatable bonds is 5. The van der Waals surface area contributed by atoms with Gasteiger partial charge in [-0.15, -0.1) is 0 Å². The highest BCUT2D eigenvalue weighted by Gasteiger charge is 2.09. The molecule has 0 aliphatic heterocycles. The molecule has 0 fully saturated rings. The van der Waals surface area contributed by atoms with Crippen molar-refractivity contribution in [3.05, 3.63) is 53.6 Å². The van der Waals surface area contributed by atoms with Crippen LogP contribution in [0.25, 0.3) is 0 Å². The van der Waals surface area contributed by atoms with E-state index in [1.165, 1.54) is 19.2 Å². The van der Waals surface area contributed by atoms with Crippen molar-refractivity contribution in [2.45, 2.75) is 6.61 Å². The average Bonchev–Trinajstić information content (AvgIpc) is 2.47. The molecule has 0 atom stereocenters. The van der Waals surface area contributed by atoms with E-state index in [4.69, 9.17) is 14.9 Å². The third kappa shape index (κ3) is 3.07. The Morgan fingerprint density at radius 1 is 1.25 bits per heavy atom. The number of ether oxygens (including phenoxy) is 1. The fourth-order valence-electron chi connectivity index (χ4n) is 1.84. The first-order valence-corrected chi connectivity index (χ1v) is 6.02. The Morgan fingerprint density at radius 2 is 2.05 bits per heavy atom. The maximum absolute atomic E-state index is 11.0. The summed E-state index contributed by atoms with van der Waals surface area (Å²) < 4.78 is 5.20. The van der Waals surface area contributed by atoms with Gasteiger partial charge in [0.2, 0.25) is 0 Å². The Hall–Kier alpha value is -2.53. The number of carbonyl (C=O) groups is 1. The fourth-order valence-corrected chi connectivity index (χ4v) is 1.84. The third-order valence-corrected chi connectivity index (χ3v) is 2.83. The smallest absolute Gasteiger partial charge is 0.335 e. The topological polar surface area (TPSA) is 78.8 Å². The van der Waals surface area contributed by atoms with E-state index in [1.807, 2.05) is 6.07 Å². The summed E-state index contributed by atoms with van der Waals surface area (Å²) >= 11 is 0. The molecule has 0 aromatic heterocycles. The van der Waals surface area contributed by atoms with Crippen molar-refractivity contribution < 1.29 is 19.7 Å². The Balaban J connectivity index is 2.35. The number of methoxy groups -OCH3 is 1. The highest BCUT2D eigenvalue weighted by Crippen LogP contribution is 2.29. The van der Waals surface area contributed by atoms with Gasteiger partial charge >= 0.3 is 5.97 Å². The van der Waals surface area contributed by atoms with Crippen LogP contribution in [0.4, 0.5) is 11.4 Å². The lowest BCUT2D eigenvalue weighted by Gasteiger charge is -2.12. The van der Waals surface area contributed by atoms with Gasteiger partial charge in [0, 0.05) is 5.69 Å². The van der Waals surface area contributed by atoms with Gasteiger partial charge in [0.05, 0.1) is 25.0 Å². The van der Waals surface area contributed by atoms with Crippen LogP contribution >= 0.6 is 0 Å². The summed E-state index contributed by atoms with van der Waals surface area (Å²) in [6.45, 7) is -0.0537. The van der Waals surface area contributed by atoms with Crippen LogP contribution < -0.4 is 10.1 Å². The monoisotopic (exact) mass is 273 g/mol. The minimum absolute atomic E-state index is 0.0537. The van der Waals surface area contributed by atoms with E-state index in [0.717, 1.165) is 11.3 Å². The van der Waals surface area contributed by atoms with Gasteiger partial charge in [-0.2, -0.15) is 0 Å². The molecule has 2 rings (SSSR count). The number of nitrogens with one attached hydrogen (secondary N) is 1. The zero-order chi connectivity index (χ0) is 14.5. The molecule has 0 spiro atoms. The molecule has 0 unspecified atom stereocenters. The molecule has 0 radical (unpaired) electrons. The standard InChI is InChI=1S/C15H15NO4/c1-20-14-6-5-11(15(18)19)8-13(14)16-12-4-2-3-10(7-12)9-17/h2-8,16-17H,9H2,1H3,(H,18,19). The molecule has 104 valence electrons. The van der Waals surface area contributed by atoms with Gasteiger partial charge in [-0.05, 0) is 35.9 Å². The van der Waals surface area contributed by atoms with Crippen molar-refractivity contribution in [1.82, 2.24) is 0 Å². The van der Waals surface area contributed by atoms with Crippen LogP contribution in [0.2, 0.25) is 0 Å². The van der Waals surface area contributed by atoms with Crippen LogP contribution in [0.5, 0.6) is 5.75 Å². The van der Waals surface area contributed by atoms with Crippen molar-refractivity contribution >= 4 is 17.3 Å². The quantitative estimate of drug-likeness (QED) is 0.780. The number of aromatic carboxylic acids is 1. The molecule has 0 bridgehead atoms. The van der Waals surface area contributed by atoms with Crippen molar-refractivity contribution in [1.29, 1.82) is 0 Å². The second-order valence-corrected chi connectivity index (χ2v) is 4.20. The second-order valence-electron chi connectivity index (χ2n) is 4.20. The number of hydrogen-bond acceptors (Lipinski definition) is 4. The molecular formula is C15H15NO4. The Kier molecular flexibility index (Phi) is 4.22. The second kappa shape index (κ2) is 6.08.